The first kappa shape index (κ1) is 6.43. The fraction of sp³-hybridized carbons (Fsp3) is 0. The third-order valence-electron chi connectivity index (χ3n) is 0.964. The molecule has 0 aliphatic heterocycles. The van der Waals surface area contributed by atoms with Gasteiger partial charge in [0, 0.05) is 0 Å². The zero-order chi connectivity index (χ0) is 7.56. The van der Waals surface area contributed by atoms with Crippen molar-refractivity contribution in [2.75, 3.05) is 0 Å². The second-order valence-electron chi connectivity index (χ2n) is 1.69. The zero-order valence-electron chi connectivity index (χ0n) is 4.96. The van der Waals surface area contributed by atoms with E-state index in [2.05, 4.69) is 11.5 Å². The van der Waals surface area contributed by atoms with Crippen LogP contribution < -0.4 is 0 Å². The van der Waals surface area contributed by atoms with Gasteiger partial charge in [-0.25, -0.2) is 4.79 Å². The lowest BCUT2D eigenvalue weighted by atomic mass is 10.2. The fourth-order valence-electron chi connectivity index (χ4n) is 0.502. The van der Waals surface area contributed by atoms with Gasteiger partial charge in [0.25, 0.3) is 0 Å². The van der Waals surface area contributed by atoms with E-state index < -0.39 is 5.97 Å². The normalized spacial score (nSPS) is 14.4. The molecule has 0 aromatic carbocycles. The first-order chi connectivity index (χ1) is 4.70. The van der Waals surface area contributed by atoms with Gasteiger partial charge in [0.2, 0.25) is 0 Å². The third-order valence-corrected chi connectivity index (χ3v) is 0.964. The standard InChI is InChI=1S/C7H4O3/c8-6-3-1-5(2-4-6)7(9)10/h1,3,8H,(H,9,10). The smallest absolute Gasteiger partial charge is 0.344 e. The number of allylic oxidation sites excluding steroid dienone is 1. The Bertz CT molecular complexity index is 297. The number of hydrogen-bond acceptors (Lipinski definition) is 2. The van der Waals surface area contributed by atoms with E-state index in [-0.39, 0.29) is 11.3 Å². The Kier molecular flexibility index (Phi) is 1.46. The van der Waals surface area contributed by atoms with Crippen molar-refractivity contribution in [3.63, 3.8) is 0 Å². The largest absolute Gasteiger partial charge is 0.501 e. The van der Waals surface area contributed by atoms with E-state index in [1.165, 1.54) is 12.2 Å². The topological polar surface area (TPSA) is 57.5 Å². The molecule has 0 fully saturated rings. The molecular weight excluding hydrogens is 132 g/mol. The monoisotopic (exact) mass is 136 g/mol. The van der Waals surface area contributed by atoms with E-state index >= 15 is 0 Å². The molecule has 0 saturated carbocycles. The first-order valence-corrected chi connectivity index (χ1v) is 2.56. The minimum atomic E-state index is -1.07. The Labute approximate surface area is 56.9 Å². The van der Waals surface area contributed by atoms with Crippen molar-refractivity contribution in [3.05, 3.63) is 34.9 Å². The van der Waals surface area contributed by atoms with Crippen LogP contribution in [0.4, 0.5) is 0 Å². The minimum absolute atomic E-state index is 0.00204. The molecular formula is C7H4O3. The van der Waals surface area contributed by atoms with Gasteiger partial charge in [-0.05, 0) is 17.9 Å². The quantitative estimate of drug-likeness (QED) is 0.523. The molecule has 1 aliphatic carbocycles. The number of hydrogen-bond donors (Lipinski definition) is 2. The van der Waals surface area contributed by atoms with Crippen LogP contribution in [0.2, 0.25) is 0 Å². The fourth-order valence-corrected chi connectivity index (χ4v) is 0.502. The van der Waals surface area contributed by atoms with Gasteiger partial charge in [-0.1, -0.05) is 5.73 Å². The molecule has 0 saturated heterocycles. The van der Waals surface area contributed by atoms with Gasteiger partial charge >= 0.3 is 5.97 Å². The summed E-state index contributed by atoms with van der Waals surface area (Å²) >= 11 is 0. The van der Waals surface area contributed by atoms with Crippen LogP contribution in [0.1, 0.15) is 0 Å². The Morgan fingerprint density at radius 3 is 2.50 bits per heavy atom. The molecule has 1 rings (SSSR count). The molecule has 3 nitrogen and oxygen atoms in total. The molecule has 0 aromatic heterocycles. The third kappa shape index (κ3) is 1.17. The molecule has 0 atom stereocenters. The van der Waals surface area contributed by atoms with Crippen LogP contribution in [-0.2, 0) is 4.79 Å². The summed E-state index contributed by atoms with van der Waals surface area (Å²) in [4.78, 5) is 10.2. The van der Waals surface area contributed by atoms with Crippen LogP contribution >= 0.6 is 0 Å². The van der Waals surface area contributed by atoms with E-state index in [0.29, 0.717) is 0 Å². The molecule has 0 amide bonds. The van der Waals surface area contributed by atoms with Gasteiger partial charge in [-0.3, -0.25) is 0 Å². The lowest BCUT2D eigenvalue weighted by Crippen LogP contribution is -1.96. The second kappa shape index (κ2) is 2.28. The van der Waals surface area contributed by atoms with Crippen molar-refractivity contribution in [1.29, 1.82) is 0 Å². The molecule has 10 heavy (non-hydrogen) atoms. The van der Waals surface area contributed by atoms with Crippen LogP contribution in [0.5, 0.6) is 0 Å². The highest BCUT2D eigenvalue weighted by molar-refractivity contribution is 5.89. The Morgan fingerprint density at radius 2 is 2.10 bits per heavy atom. The Morgan fingerprint density at radius 1 is 1.40 bits per heavy atom. The highest BCUT2D eigenvalue weighted by Crippen LogP contribution is 2.01. The minimum Gasteiger partial charge on any atom is -0.501 e. The van der Waals surface area contributed by atoms with E-state index in [1.807, 2.05) is 0 Å². The number of carboxylic acid groups (broad SMARTS) is 1. The van der Waals surface area contributed by atoms with Gasteiger partial charge in [0.1, 0.15) is 5.57 Å². The molecule has 1 aliphatic rings. The molecule has 0 radical (unpaired) electrons. The maximum atomic E-state index is 10.2. The summed E-state index contributed by atoms with van der Waals surface area (Å²) in [6.45, 7) is 0. The van der Waals surface area contributed by atoms with Crippen LogP contribution in [0, 0.1) is 0 Å². The lowest BCUT2D eigenvalue weighted by Gasteiger charge is -1.91. The van der Waals surface area contributed by atoms with E-state index in [0.717, 1.165) is 0 Å². The number of aliphatic carboxylic acids is 1. The van der Waals surface area contributed by atoms with Crippen molar-refractivity contribution in [2.45, 2.75) is 0 Å². The zero-order valence-corrected chi connectivity index (χ0v) is 4.96. The van der Waals surface area contributed by atoms with Crippen LogP contribution in [0.25, 0.3) is 0 Å². The number of carboxylic acids is 1. The predicted octanol–water partition coefficient (Wildman–Crippen LogP) is 0.763. The van der Waals surface area contributed by atoms with E-state index in [1.54, 1.807) is 0 Å². The lowest BCUT2D eigenvalue weighted by molar-refractivity contribution is -0.132. The summed E-state index contributed by atoms with van der Waals surface area (Å²) in [7, 11) is 0. The SMILES string of the molecule is O=C(O)C1=C=C=C(O)C=C1. The van der Waals surface area contributed by atoms with Crippen LogP contribution in [0.15, 0.2) is 34.9 Å². The molecule has 0 bridgehead atoms. The van der Waals surface area contributed by atoms with Crippen LogP contribution in [-0.4, -0.2) is 16.2 Å². The average molecular weight is 136 g/mol. The van der Waals surface area contributed by atoms with E-state index in [9.17, 15) is 4.79 Å². The average Bonchev–Trinajstić information content (AvgIpc) is 1.88. The van der Waals surface area contributed by atoms with Crippen molar-refractivity contribution in [1.82, 2.24) is 0 Å². The summed E-state index contributed by atoms with van der Waals surface area (Å²) in [6.07, 6.45) is 2.51. The summed E-state index contributed by atoms with van der Waals surface area (Å²) in [5.74, 6) is -1.18. The van der Waals surface area contributed by atoms with Gasteiger partial charge in [0.15, 0.2) is 5.76 Å². The summed E-state index contributed by atoms with van der Waals surface area (Å²) in [6, 6.07) is 0. The van der Waals surface area contributed by atoms with Gasteiger partial charge in [-0.2, -0.15) is 0 Å². The molecule has 2 N–H and O–H groups in total. The van der Waals surface area contributed by atoms with E-state index in [4.69, 9.17) is 10.2 Å². The summed E-state index contributed by atoms with van der Waals surface area (Å²) < 4.78 is 0. The highest BCUT2D eigenvalue weighted by atomic mass is 16.4. The Hall–Kier alpha value is -1.69. The van der Waals surface area contributed by atoms with Gasteiger partial charge in [0.05, 0.1) is 0 Å². The maximum Gasteiger partial charge on any atom is 0.344 e. The Balaban J connectivity index is 3.15. The molecule has 50 valence electrons. The highest BCUT2D eigenvalue weighted by Gasteiger charge is 2.02. The summed E-state index contributed by atoms with van der Waals surface area (Å²) in [5.41, 5.74) is 4.49. The molecule has 0 spiro atoms. The molecule has 0 heterocycles. The van der Waals surface area contributed by atoms with Crippen molar-refractivity contribution in [3.8, 4) is 0 Å². The predicted molar refractivity (Wildman–Crippen MR) is 33.5 cm³/mol. The number of carbonyl (C=O) groups is 1. The van der Waals surface area contributed by atoms with Crippen LogP contribution in [0.3, 0.4) is 0 Å². The van der Waals surface area contributed by atoms with Gasteiger partial charge in [-0.15, -0.1) is 0 Å². The first-order valence-electron chi connectivity index (χ1n) is 2.56. The molecule has 0 aromatic rings. The maximum absolute atomic E-state index is 10.2. The molecule has 3 heteroatoms. The number of aliphatic hydroxyl groups is 1. The molecule has 0 unspecified atom stereocenters. The van der Waals surface area contributed by atoms with Crippen molar-refractivity contribution in [2.24, 2.45) is 0 Å². The number of aliphatic hydroxyl groups excluding tert-OH is 1. The van der Waals surface area contributed by atoms with Crippen molar-refractivity contribution >= 4 is 5.97 Å². The second-order valence-corrected chi connectivity index (χ2v) is 1.69. The number of rotatable bonds is 1. The van der Waals surface area contributed by atoms with Gasteiger partial charge < -0.3 is 10.2 Å². The van der Waals surface area contributed by atoms with Crippen molar-refractivity contribution < 1.29 is 15.0 Å². The summed E-state index contributed by atoms with van der Waals surface area (Å²) in [5, 5.41) is 17.0.